The van der Waals surface area contributed by atoms with Crippen molar-refractivity contribution in [2.24, 2.45) is 5.73 Å². The molecule has 0 aliphatic heterocycles. The molecule has 0 bridgehead atoms. The van der Waals surface area contributed by atoms with Gasteiger partial charge < -0.3 is 10.8 Å². The van der Waals surface area contributed by atoms with Crippen LogP contribution in [0.1, 0.15) is 11.6 Å². The number of hydrogen-bond acceptors (Lipinski definition) is 3. The van der Waals surface area contributed by atoms with Crippen molar-refractivity contribution in [1.82, 2.24) is 0 Å². The molecule has 0 aliphatic carbocycles. The Balaban J connectivity index is 2.74. The van der Waals surface area contributed by atoms with Crippen molar-refractivity contribution in [3.05, 3.63) is 20.8 Å². The number of thiophene rings is 1. The van der Waals surface area contributed by atoms with Gasteiger partial charge in [0.2, 0.25) is 0 Å². The molecule has 0 unspecified atom stereocenters. The minimum atomic E-state index is -0.234. The zero-order valence-corrected chi connectivity index (χ0v) is 7.65. The van der Waals surface area contributed by atoms with E-state index >= 15 is 0 Å². The van der Waals surface area contributed by atoms with E-state index in [9.17, 15) is 0 Å². The van der Waals surface area contributed by atoms with Crippen LogP contribution in [0.2, 0.25) is 0 Å². The van der Waals surface area contributed by atoms with E-state index in [1.807, 2.05) is 11.4 Å². The number of aliphatic hydroxyl groups excluding tert-OH is 1. The summed E-state index contributed by atoms with van der Waals surface area (Å²) >= 11 is 4.88. The molecule has 3 N–H and O–H groups in total. The highest BCUT2D eigenvalue weighted by atomic mass is 79.9. The van der Waals surface area contributed by atoms with Crippen LogP contribution in [0.5, 0.6) is 0 Å². The first kappa shape index (κ1) is 8.20. The normalized spacial score (nSPS) is 13.5. The highest BCUT2D eigenvalue weighted by molar-refractivity contribution is 9.11. The summed E-state index contributed by atoms with van der Waals surface area (Å²) < 4.78 is 1.05. The van der Waals surface area contributed by atoms with Gasteiger partial charge in [-0.05, 0) is 32.9 Å². The van der Waals surface area contributed by atoms with Crippen LogP contribution in [-0.2, 0) is 0 Å². The van der Waals surface area contributed by atoms with E-state index in [0.717, 1.165) is 9.35 Å². The Hall–Kier alpha value is 0.100. The number of halogens is 1. The molecule has 56 valence electrons. The predicted molar refractivity (Wildman–Crippen MR) is 46.0 cm³/mol. The SMILES string of the molecule is N[C@H](CO)c1csc(Br)c1. The molecular weight excluding hydrogens is 214 g/mol. The van der Waals surface area contributed by atoms with E-state index in [1.165, 1.54) is 0 Å². The van der Waals surface area contributed by atoms with Crippen LogP contribution in [0.4, 0.5) is 0 Å². The molecule has 0 saturated carbocycles. The van der Waals surface area contributed by atoms with Crippen molar-refractivity contribution in [3.8, 4) is 0 Å². The number of rotatable bonds is 2. The van der Waals surface area contributed by atoms with Crippen molar-refractivity contribution in [2.45, 2.75) is 6.04 Å². The zero-order valence-electron chi connectivity index (χ0n) is 5.25. The lowest BCUT2D eigenvalue weighted by molar-refractivity contribution is 0.268. The third-order valence-electron chi connectivity index (χ3n) is 1.21. The standard InChI is InChI=1S/C6H8BrNOS/c7-6-1-4(3-10-6)5(8)2-9/h1,3,5,9H,2,8H2/t5-/m1/s1. The van der Waals surface area contributed by atoms with Crippen LogP contribution < -0.4 is 5.73 Å². The van der Waals surface area contributed by atoms with Gasteiger partial charge in [-0.25, -0.2) is 0 Å². The molecule has 10 heavy (non-hydrogen) atoms. The third kappa shape index (κ3) is 1.79. The predicted octanol–water partition coefficient (Wildman–Crippen LogP) is 1.50. The Morgan fingerprint density at radius 2 is 2.50 bits per heavy atom. The van der Waals surface area contributed by atoms with E-state index in [-0.39, 0.29) is 12.6 Å². The van der Waals surface area contributed by atoms with Gasteiger partial charge in [0.1, 0.15) is 0 Å². The zero-order chi connectivity index (χ0) is 7.56. The molecule has 0 spiro atoms. The second-order valence-electron chi connectivity index (χ2n) is 1.97. The number of aliphatic hydroxyl groups is 1. The third-order valence-corrected chi connectivity index (χ3v) is 2.74. The van der Waals surface area contributed by atoms with Gasteiger partial charge in [-0.15, -0.1) is 11.3 Å². The summed E-state index contributed by atoms with van der Waals surface area (Å²) in [6.45, 7) is 0.00315. The van der Waals surface area contributed by atoms with Crippen LogP contribution in [0.15, 0.2) is 15.2 Å². The van der Waals surface area contributed by atoms with Crippen LogP contribution in [0.3, 0.4) is 0 Å². The first-order valence-electron chi connectivity index (χ1n) is 2.84. The maximum absolute atomic E-state index is 8.66. The molecule has 1 heterocycles. The van der Waals surface area contributed by atoms with Gasteiger partial charge in [0.05, 0.1) is 16.4 Å². The van der Waals surface area contributed by atoms with Crippen molar-refractivity contribution < 1.29 is 5.11 Å². The van der Waals surface area contributed by atoms with Crippen molar-refractivity contribution in [3.63, 3.8) is 0 Å². The average molecular weight is 222 g/mol. The maximum Gasteiger partial charge on any atom is 0.0701 e. The quantitative estimate of drug-likeness (QED) is 0.796. The van der Waals surface area contributed by atoms with Crippen molar-refractivity contribution in [1.29, 1.82) is 0 Å². The second-order valence-corrected chi connectivity index (χ2v) is 4.26. The summed E-state index contributed by atoms with van der Waals surface area (Å²) in [4.78, 5) is 0. The maximum atomic E-state index is 8.66. The van der Waals surface area contributed by atoms with Gasteiger partial charge in [-0.2, -0.15) is 0 Å². The van der Waals surface area contributed by atoms with Gasteiger partial charge >= 0.3 is 0 Å². The smallest absolute Gasteiger partial charge is 0.0701 e. The Kier molecular flexibility index (Phi) is 2.85. The van der Waals surface area contributed by atoms with E-state index in [1.54, 1.807) is 11.3 Å². The fraction of sp³-hybridized carbons (Fsp3) is 0.333. The molecule has 2 nitrogen and oxygen atoms in total. The highest BCUT2D eigenvalue weighted by Gasteiger charge is 2.04. The molecule has 0 aliphatic rings. The Morgan fingerprint density at radius 1 is 1.80 bits per heavy atom. The summed E-state index contributed by atoms with van der Waals surface area (Å²) in [7, 11) is 0. The molecule has 0 saturated heterocycles. The second kappa shape index (κ2) is 3.48. The molecule has 4 heteroatoms. The van der Waals surface area contributed by atoms with Crippen molar-refractivity contribution in [2.75, 3.05) is 6.61 Å². The highest BCUT2D eigenvalue weighted by Crippen LogP contribution is 2.23. The topological polar surface area (TPSA) is 46.2 Å². The van der Waals surface area contributed by atoms with Gasteiger partial charge in [0.15, 0.2) is 0 Å². The fourth-order valence-electron chi connectivity index (χ4n) is 0.623. The molecule has 1 aromatic heterocycles. The molecule has 1 aromatic rings. The number of hydrogen-bond donors (Lipinski definition) is 2. The van der Waals surface area contributed by atoms with Gasteiger partial charge in [-0.3, -0.25) is 0 Å². The van der Waals surface area contributed by atoms with Crippen LogP contribution in [0, 0.1) is 0 Å². The van der Waals surface area contributed by atoms with Gasteiger partial charge in [-0.1, -0.05) is 0 Å². The molecule has 1 atom stereocenters. The first-order valence-corrected chi connectivity index (χ1v) is 4.51. The van der Waals surface area contributed by atoms with E-state index < -0.39 is 0 Å². The lowest BCUT2D eigenvalue weighted by Crippen LogP contribution is -2.13. The minimum Gasteiger partial charge on any atom is -0.394 e. The molecule has 1 rings (SSSR count). The summed E-state index contributed by atoms with van der Waals surface area (Å²) in [5.74, 6) is 0. The average Bonchev–Trinajstić information content (AvgIpc) is 2.34. The molecule has 0 aromatic carbocycles. The molecule has 0 radical (unpaired) electrons. The van der Waals surface area contributed by atoms with E-state index in [0.29, 0.717) is 0 Å². The van der Waals surface area contributed by atoms with Gasteiger partial charge in [0, 0.05) is 0 Å². The molecule has 0 amide bonds. The van der Waals surface area contributed by atoms with E-state index in [4.69, 9.17) is 10.8 Å². The Morgan fingerprint density at radius 3 is 2.90 bits per heavy atom. The van der Waals surface area contributed by atoms with Crippen molar-refractivity contribution >= 4 is 27.3 Å². The van der Waals surface area contributed by atoms with E-state index in [2.05, 4.69) is 15.9 Å². The number of nitrogens with two attached hydrogens (primary N) is 1. The van der Waals surface area contributed by atoms with Gasteiger partial charge in [0.25, 0.3) is 0 Å². The summed E-state index contributed by atoms with van der Waals surface area (Å²) in [5.41, 5.74) is 6.53. The Labute approximate surface area is 71.8 Å². The minimum absolute atomic E-state index is 0.00315. The molecule has 0 fully saturated rings. The molecular formula is C6H8BrNOS. The fourth-order valence-corrected chi connectivity index (χ4v) is 1.86. The monoisotopic (exact) mass is 221 g/mol. The van der Waals surface area contributed by atoms with Crippen LogP contribution in [-0.4, -0.2) is 11.7 Å². The lowest BCUT2D eigenvalue weighted by atomic mass is 10.2. The Bertz CT molecular complexity index is 213. The summed E-state index contributed by atoms with van der Waals surface area (Å²) in [5, 5.41) is 10.6. The lowest BCUT2D eigenvalue weighted by Gasteiger charge is -2.02. The van der Waals surface area contributed by atoms with Crippen LogP contribution >= 0.6 is 27.3 Å². The largest absolute Gasteiger partial charge is 0.394 e. The van der Waals surface area contributed by atoms with Crippen LogP contribution in [0.25, 0.3) is 0 Å². The first-order chi connectivity index (χ1) is 4.74. The summed E-state index contributed by atoms with van der Waals surface area (Å²) in [6, 6.07) is 1.69. The summed E-state index contributed by atoms with van der Waals surface area (Å²) in [6.07, 6.45) is 0.